The first-order chi connectivity index (χ1) is 8.19. The lowest BCUT2D eigenvalue weighted by molar-refractivity contribution is -0.125. The van der Waals surface area contributed by atoms with Crippen molar-refractivity contribution in [1.82, 2.24) is 5.32 Å². The molecule has 0 heterocycles. The van der Waals surface area contributed by atoms with E-state index < -0.39 is 6.04 Å². The molecule has 0 saturated heterocycles. The second kappa shape index (κ2) is 6.70. The van der Waals surface area contributed by atoms with E-state index in [9.17, 15) is 4.79 Å². The molecule has 1 rings (SSSR count). The van der Waals surface area contributed by atoms with Gasteiger partial charge in [-0.1, -0.05) is 50.6 Å². The van der Waals surface area contributed by atoms with E-state index in [1.807, 2.05) is 44.2 Å². The Morgan fingerprint density at radius 3 is 2.59 bits per heavy atom. The summed E-state index contributed by atoms with van der Waals surface area (Å²) in [5, 5.41) is 11.8. The maximum atomic E-state index is 11.8. The molecule has 0 radical (unpaired) electrons. The van der Waals surface area contributed by atoms with Gasteiger partial charge in [0, 0.05) is 5.92 Å². The van der Waals surface area contributed by atoms with E-state index in [0.717, 1.165) is 18.4 Å². The van der Waals surface area contributed by atoms with Gasteiger partial charge in [0.25, 0.3) is 0 Å². The van der Waals surface area contributed by atoms with Crippen LogP contribution in [0.2, 0.25) is 0 Å². The molecule has 0 spiro atoms. The summed E-state index contributed by atoms with van der Waals surface area (Å²) < 4.78 is 0. The molecule has 0 saturated carbocycles. The van der Waals surface area contributed by atoms with Crippen LogP contribution in [0.5, 0.6) is 0 Å². The van der Waals surface area contributed by atoms with Crippen LogP contribution in [0.4, 0.5) is 0 Å². The molecular formula is C14H18N2O. The number of nitrogens with zero attached hydrogens (tertiary/aromatic N) is 1. The van der Waals surface area contributed by atoms with E-state index in [-0.39, 0.29) is 11.8 Å². The zero-order valence-electron chi connectivity index (χ0n) is 10.3. The van der Waals surface area contributed by atoms with Crippen molar-refractivity contribution >= 4 is 5.91 Å². The van der Waals surface area contributed by atoms with Crippen molar-refractivity contribution in [2.45, 2.75) is 32.7 Å². The number of benzene rings is 1. The van der Waals surface area contributed by atoms with Crippen molar-refractivity contribution in [3.05, 3.63) is 35.9 Å². The van der Waals surface area contributed by atoms with Crippen LogP contribution >= 0.6 is 0 Å². The molecule has 0 aliphatic rings. The molecule has 3 heteroatoms. The standard InChI is InChI=1S/C14H18N2O/c1-3-7-11(2)14(17)16-13(10-15)12-8-5-4-6-9-12/h4-6,8-9,11,13H,3,7H2,1-2H3,(H,16,17). The van der Waals surface area contributed by atoms with Gasteiger partial charge in [0.05, 0.1) is 6.07 Å². The van der Waals surface area contributed by atoms with E-state index in [2.05, 4.69) is 11.4 Å². The molecule has 0 aromatic heterocycles. The normalized spacial score (nSPS) is 13.5. The van der Waals surface area contributed by atoms with Gasteiger partial charge in [-0.05, 0) is 12.0 Å². The number of hydrogen-bond acceptors (Lipinski definition) is 2. The maximum Gasteiger partial charge on any atom is 0.224 e. The molecule has 2 atom stereocenters. The lowest BCUT2D eigenvalue weighted by Gasteiger charge is -2.15. The predicted octanol–water partition coefficient (Wildman–Crippen LogP) is 2.80. The summed E-state index contributed by atoms with van der Waals surface area (Å²) in [4.78, 5) is 11.8. The minimum absolute atomic E-state index is 0.0421. The van der Waals surface area contributed by atoms with Crippen LogP contribution in [-0.4, -0.2) is 5.91 Å². The summed E-state index contributed by atoms with van der Waals surface area (Å²) >= 11 is 0. The monoisotopic (exact) mass is 230 g/mol. The van der Waals surface area contributed by atoms with E-state index in [1.165, 1.54) is 0 Å². The fourth-order valence-corrected chi connectivity index (χ4v) is 1.68. The first-order valence-electron chi connectivity index (χ1n) is 5.94. The van der Waals surface area contributed by atoms with Gasteiger partial charge in [0.15, 0.2) is 0 Å². The first kappa shape index (κ1) is 13.2. The minimum atomic E-state index is -0.553. The molecule has 1 N–H and O–H groups in total. The van der Waals surface area contributed by atoms with Crippen LogP contribution in [0.15, 0.2) is 30.3 Å². The number of carbonyl (C=O) groups is 1. The summed E-state index contributed by atoms with van der Waals surface area (Å²) in [6.45, 7) is 3.93. The molecule has 3 nitrogen and oxygen atoms in total. The zero-order chi connectivity index (χ0) is 12.7. The SMILES string of the molecule is CCCC(C)C(=O)NC(C#N)c1ccccc1. The van der Waals surface area contributed by atoms with Crippen molar-refractivity contribution in [2.24, 2.45) is 5.92 Å². The number of hydrogen-bond donors (Lipinski definition) is 1. The van der Waals surface area contributed by atoms with E-state index in [4.69, 9.17) is 5.26 Å². The van der Waals surface area contributed by atoms with Crippen LogP contribution in [-0.2, 0) is 4.79 Å². The molecule has 0 aliphatic heterocycles. The fraction of sp³-hybridized carbons (Fsp3) is 0.429. The molecule has 0 aliphatic carbocycles. The number of carbonyl (C=O) groups excluding carboxylic acids is 1. The van der Waals surface area contributed by atoms with Crippen LogP contribution in [0.3, 0.4) is 0 Å². The third kappa shape index (κ3) is 3.92. The molecule has 1 aromatic carbocycles. The Balaban J connectivity index is 2.66. The van der Waals surface area contributed by atoms with Gasteiger partial charge < -0.3 is 5.32 Å². The largest absolute Gasteiger partial charge is 0.336 e. The van der Waals surface area contributed by atoms with Crippen molar-refractivity contribution in [1.29, 1.82) is 5.26 Å². The molecular weight excluding hydrogens is 212 g/mol. The van der Waals surface area contributed by atoms with Crippen molar-refractivity contribution < 1.29 is 4.79 Å². The number of nitrogens with one attached hydrogen (secondary N) is 1. The molecule has 1 amide bonds. The Bertz CT molecular complexity index is 394. The van der Waals surface area contributed by atoms with Gasteiger partial charge in [-0.3, -0.25) is 4.79 Å². The Morgan fingerprint density at radius 2 is 2.06 bits per heavy atom. The second-order valence-corrected chi connectivity index (χ2v) is 4.17. The van der Waals surface area contributed by atoms with Crippen LogP contribution < -0.4 is 5.32 Å². The Hall–Kier alpha value is -1.82. The Kier molecular flexibility index (Phi) is 5.22. The molecule has 0 fully saturated rings. The quantitative estimate of drug-likeness (QED) is 0.845. The topological polar surface area (TPSA) is 52.9 Å². The summed E-state index contributed by atoms with van der Waals surface area (Å²) in [7, 11) is 0. The third-order valence-electron chi connectivity index (χ3n) is 2.72. The van der Waals surface area contributed by atoms with Gasteiger partial charge in [-0.25, -0.2) is 0 Å². The fourth-order valence-electron chi connectivity index (χ4n) is 1.68. The molecule has 90 valence electrons. The van der Waals surface area contributed by atoms with Crippen LogP contribution in [0.1, 0.15) is 38.3 Å². The lowest BCUT2D eigenvalue weighted by atomic mass is 10.0. The van der Waals surface area contributed by atoms with E-state index in [0.29, 0.717) is 0 Å². The number of amides is 1. The molecule has 1 aromatic rings. The third-order valence-corrected chi connectivity index (χ3v) is 2.72. The summed E-state index contributed by atoms with van der Waals surface area (Å²) in [5.41, 5.74) is 0.826. The maximum absolute atomic E-state index is 11.8. The summed E-state index contributed by atoms with van der Waals surface area (Å²) in [6, 6.07) is 10.9. The average Bonchev–Trinajstić information content (AvgIpc) is 2.37. The zero-order valence-corrected chi connectivity index (χ0v) is 10.3. The predicted molar refractivity (Wildman–Crippen MR) is 67.0 cm³/mol. The smallest absolute Gasteiger partial charge is 0.224 e. The van der Waals surface area contributed by atoms with E-state index in [1.54, 1.807) is 0 Å². The second-order valence-electron chi connectivity index (χ2n) is 4.17. The highest BCUT2D eigenvalue weighted by Gasteiger charge is 2.17. The minimum Gasteiger partial charge on any atom is -0.336 e. The first-order valence-corrected chi connectivity index (χ1v) is 5.94. The van der Waals surface area contributed by atoms with Crippen LogP contribution in [0, 0.1) is 17.2 Å². The number of rotatable bonds is 5. The van der Waals surface area contributed by atoms with Gasteiger partial charge in [0.1, 0.15) is 6.04 Å². The van der Waals surface area contributed by atoms with Crippen molar-refractivity contribution in [3.63, 3.8) is 0 Å². The lowest BCUT2D eigenvalue weighted by Crippen LogP contribution is -2.32. The van der Waals surface area contributed by atoms with Crippen molar-refractivity contribution in [3.8, 4) is 6.07 Å². The highest BCUT2D eigenvalue weighted by Crippen LogP contribution is 2.13. The van der Waals surface area contributed by atoms with Gasteiger partial charge >= 0.3 is 0 Å². The van der Waals surface area contributed by atoms with Crippen molar-refractivity contribution in [2.75, 3.05) is 0 Å². The highest BCUT2D eigenvalue weighted by atomic mass is 16.1. The average molecular weight is 230 g/mol. The summed E-state index contributed by atoms with van der Waals surface area (Å²) in [5.74, 6) is -0.0955. The summed E-state index contributed by atoms with van der Waals surface area (Å²) in [6.07, 6.45) is 1.82. The Morgan fingerprint density at radius 1 is 1.41 bits per heavy atom. The highest BCUT2D eigenvalue weighted by molar-refractivity contribution is 5.79. The van der Waals surface area contributed by atoms with Gasteiger partial charge in [-0.2, -0.15) is 5.26 Å². The number of nitriles is 1. The Labute approximate surface area is 102 Å². The molecule has 17 heavy (non-hydrogen) atoms. The van der Waals surface area contributed by atoms with E-state index >= 15 is 0 Å². The molecule has 0 bridgehead atoms. The molecule has 2 unspecified atom stereocenters. The van der Waals surface area contributed by atoms with Crippen LogP contribution in [0.25, 0.3) is 0 Å². The van der Waals surface area contributed by atoms with Gasteiger partial charge in [-0.15, -0.1) is 0 Å². The van der Waals surface area contributed by atoms with Gasteiger partial charge in [0.2, 0.25) is 5.91 Å².